The second-order valence-corrected chi connectivity index (χ2v) is 4.96. The van der Waals surface area contributed by atoms with Gasteiger partial charge in [0.2, 0.25) is 0 Å². The first-order chi connectivity index (χ1) is 7.45. The highest BCUT2D eigenvalue weighted by Crippen LogP contribution is 2.19. The quantitative estimate of drug-likeness (QED) is 0.847. The SMILES string of the molecule is C=CC(C)NC(=O)c1cc(Br)cn1C(C)C. The molecule has 0 bridgehead atoms. The molecule has 0 spiro atoms. The van der Waals surface area contributed by atoms with Crippen LogP contribution in [0.5, 0.6) is 0 Å². The van der Waals surface area contributed by atoms with Gasteiger partial charge in [-0.05, 0) is 42.8 Å². The lowest BCUT2D eigenvalue weighted by Crippen LogP contribution is -2.32. The topological polar surface area (TPSA) is 34.0 Å². The summed E-state index contributed by atoms with van der Waals surface area (Å²) in [5.74, 6) is -0.0770. The van der Waals surface area contributed by atoms with Crippen molar-refractivity contribution in [1.82, 2.24) is 9.88 Å². The van der Waals surface area contributed by atoms with Gasteiger partial charge in [0.1, 0.15) is 5.69 Å². The van der Waals surface area contributed by atoms with E-state index in [1.54, 1.807) is 6.08 Å². The molecule has 1 N–H and O–H groups in total. The van der Waals surface area contributed by atoms with Crippen LogP contribution in [-0.2, 0) is 0 Å². The number of rotatable bonds is 4. The van der Waals surface area contributed by atoms with E-state index in [1.165, 1.54) is 0 Å². The molecular formula is C12H17BrN2O. The molecule has 1 amide bonds. The predicted molar refractivity (Wildman–Crippen MR) is 69.6 cm³/mol. The van der Waals surface area contributed by atoms with E-state index in [4.69, 9.17) is 0 Å². The number of carbonyl (C=O) groups is 1. The Morgan fingerprint density at radius 2 is 2.19 bits per heavy atom. The lowest BCUT2D eigenvalue weighted by atomic mass is 10.3. The summed E-state index contributed by atoms with van der Waals surface area (Å²) in [5, 5.41) is 2.86. The van der Waals surface area contributed by atoms with Gasteiger partial charge in [-0.15, -0.1) is 6.58 Å². The Hall–Kier alpha value is -1.03. The first kappa shape index (κ1) is 13.0. The standard InChI is InChI=1S/C12H17BrN2O/c1-5-9(4)14-12(16)11-6-10(13)7-15(11)8(2)3/h5-9H,1H2,2-4H3,(H,14,16). The summed E-state index contributed by atoms with van der Waals surface area (Å²) in [7, 11) is 0. The van der Waals surface area contributed by atoms with E-state index in [9.17, 15) is 4.79 Å². The van der Waals surface area contributed by atoms with Crippen molar-refractivity contribution in [3.63, 3.8) is 0 Å². The normalized spacial score (nSPS) is 12.6. The summed E-state index contributed by atoms with van der Waals surface area (Å²) in [6.45, 7) is 9.61. The summed E-state index contributed by atoms with van der Waals surface area (Å²) < 4.78 is 2.85. The molecule has 1 aromatic rings. The second kappa shape index (κ2) is 5.34. The maximum absolute atomic E-state index is 12.0. The number of halogens is 1. The number of aromatic nitrogens is 1. The molecule has 0 saturated heterocycles. The Morgan fingerprint density at radius 3 is 2.69 bits per heavy atom. The minimum atomic E-state index is -0.0770. The maximum atomic E-state index is 12.0. The molecule has 0 fully saturated rings. The Bertz CT molecular complexity index is 396. The van der Waals surface area contributed by atoms with Crippen LogP contribution in [0.15, 0.2) is 29.4 Å². The molecule has 0 radical (unpaired) electrons. The van der Waals surface area contributed by atoms with Crippen LogP contribution in [0, 0.1) is 0 Å². The van der Waals surface area contributed by atoms with E-state index in [1.807, 2.05) is 37.6 Å². The van der Waals surface area contributed by atoms with Crippen LogP contribution in [0.3, 0.4) is 0 Å². The van der Waals surface area contributed by atoms with Crippen molar-refractivity contribution < 1.29 is 4.79 Å². The molecule has 0 aliphatic rings. The summed E-state index contributed by atoms with van der Waals surface area (Å²) in [5.41, 5.74) is 0.663. The van der Waals surface area contributed by atoms with Gasteiger partial charge in [-0.2, -0.15) is 0 Å². The zero-order chi connectivity index (χ0) is 12.3. The van der Waals surface area contributed by atoms with Crippen molar-refractivity contribution in [2.24, 2.45) is 0 Å². The number of amides is 1. The van der Waals surface area contributed by atoms with Crippen LogP contribution in [0.2, 0.25) is 0 Å². The fourth-order valence-corrected chi connectivity index (χ4v) is 1.83. The molecule has 0 aliphatic heterocycles. The van der Waals surface area contributed by atoms with Crippen LogP contribution in [0.1, 0.15) is 37.3 Å². The third kappa shape index (κ3) is 2.98. The highest BCUT2D eigenvalue weighted by Gasteiger charge is 2.15. The number of hydrogen-bond acceptors (Lipinski definition) is 1. The van der Waals surface area contributed by atoms with E-state index in [0.717, 1.165) is 4.47 Å². The van der Waals surface area contributed by atoms with Gasteiger partial charge in [-0.1, -0.05) is 6.08 Å². The molecular weight excluding hydrogens is 268 g/mol. The van der Waals surface area contributed by atoms with Gasteiger partial charge in [-0.25, -0.2) is 0 Å². The minimum absolute atomic E-state index is 0.0261. The van der Waals surface area contributed by atoms with Crippen molar-refractivity contribution in [2.45, 2.75) is 32.9 Å². The Morgan fingerprint density at radius 1 is 1.56 bits per heavy atom. The van der Waals surface area contributed by atoms with Crippen molar-refractivity contribution in [2.75, 3.05) is 0 Å². The van der Waals surface area contributed by atoms with Crippen molar-refractivity contribution in [3.8, 4) is 0 Å². The van der Waals surface area contributed by atoms with Gasteiger partial charge >= 0.3 is 0 Å². The molecule has 1 heterocycles. The molecule has 0 saturated carbocycles. The van der Waals surface area contributed by atoms with Crippen molar-refractivity contribution >= 4 is 21.8 Å². The molecule has 1 unspecified atom stereocenters. The van der Waals surface area contributed by atoms with E-state index >= 15 is 0 Å². The van der Waals surface area contributed by atoms with Gasteiger partial charge < -0.3 is 9.88 Å². The van der Waals surface area contributed by atoms with Gasteiger partial charge in [0.15, 0.2) is 0 Å². The van der Waals surface area contributed by atoms with Crippen molar-refractivity contribution in [3.05, 3.63) is 35.1 Å². The molecule has 1 rings (SSSR count). The summed E-state index contributed by atoms with van der Waals surface area (Å²) in [6.07, 6.45) is 3.62. The molecule has 1 atom stereocenters. The third-order valence-electron chi connectivity index (χ3n) is 2.32. The molecule has 0 aliphatic carbocycles. The molecule has 0 aromatic carbocycles. The molecule has 1 aromatic heterocycles. The number of hydrogen-bond donors (Lipinski definition) is 1. The molecule has 4 heteroatoms. The van der Waals surface area contributed by atoms with E-state index in [2.05, 4.69) is 27.8 Å². The average molecular weight is 285 g/mol. The largest absolute Gasteiger partial charge is 0.345 e. The van der Waals surface area contributed by atoms with Crippen LogP contribution >= 0.6 is 15.9 Å². The summed E-state index contributed by atoms with van der Waals surface area (Å²) in [4.78, 5) is 12.0. The highest BCUT2D eigenvalue weighted by atomic mass is 79.9. The third-order valence-corrected chi connectivity index (χ3v) is 2.75. The first-order valence-electron chi connectivity index (χ1n) is 5.26. The van der Waals surface area contributed by atoms with Gasteiger partial charge in [0.25, 0.3) is 5.91 Å². The van der Waals surface area contributed by atoms with E-state index < -0.39 is 0 Å². The van der Waals surface area contributed by atoms with Crippen LogP contribution < -0.4 is 5.32 Å². The lowest BCUT2D eigenvalue weighted by Gasteiger charge is -2.14. The summed E-state index contributed by atoms with van der Waals surface area (Å²) in [6, 6.07) is 2.05. The monoisotopic (exact) mass is 284 g/mol. The molecule has 88 valence electrons. The fourth-order valence-electron chi connectivity index (χ4n) is 1.39. The smallest absolute Gasteiger partial charge is 0.268 e. The van der Waals surface area contributed by atoms with Gasteiger partial charge in [0, 0.05) is 22.8 Å². The van der Waals surface area contributed by atoms with Crippen LogP contribution in [0.4, 0.5) is 0 Å². The fraction of sp³-hybridized carbons (Fsp3) is 0.417. The highest BCUT2D eigenvalue weighted by molar-refractivity contribution is 9.10. The van der Waals surface area contributed by atoms with Gasteiger partial charge in [-0.3, -0.25) is 4.79 Å². The minimum Gasteiger partial charge on any atom is -0.345 e. The zero-order valence-electron chi connectivity index (χ0n) is 9.83. The van der Waals surface area contributed by atoms with Crippen molar-refractivity contribution in [1.29, 1.82) is 0 Å². The predicted octanol–water partition coefficient (Wildman–Crippen LogP) is 3.14. The van der Waals surface area contributed by atoms with Crippen LogP contribution in [0.25, 0.3) is 0 Å². The lowest BCUT2D eigenvalue weighted by molar-refractivity contribution is 0.0936. The number of carbonyl (C=O) groups excluding carboxylic acids is 1. The van der Waals surface area contributed by atoms with Crippen LogP contribution in [-0.4, -0.2) is 16.5 Å². The summed E-state index contributed by atoms with van der Waals surface area (Å²) >= 11 is 3.38. The zero-order valence-corrected chi connectivity index (χ0v) is 11.4. The molecule has 3 nitrogen and oxygen atoms in total. The Kier molecular flexibility index (Phi) is 4.35. The maximum Gasteiger partial charge on any atom is 0.268 e. The van der Waals surface area contributed by atoms with E-state index in [0.29, 0.717) is 5.69 Å². The number of nitrogens with one attached hydrogen (secondary N) is 1. The Balaban J connectivity index is 2.94. The molecule has 16 heavy (non-hydrogen) atoms. The average Bonchev–Trinajstić information content (AvgIpc) is 2.60. The first-order valence-corrected chi connectivity index (χ1v) is 6.05. The number of nitrogens with zero attached hydrogens (tertiary/aromatic N) is 1. The van der Waals surface area contributed by atoms with Gasteiger partial charge in [0.05, 0.1) is 0 Å². The van der Waals surface area contributed by atoms with E-state index in [-0.39, 0.29) is 18.0 Å². The Labute approximate surface area is 105 Å². The second-order valence-electron chi connectivity index (χ2n) is 4.04.